The Morgan fingerprint density at radius 3 is 2.48 bits per heavy atom. The number of nitrogens with zero attached hydrogens (tertiary/aromatic N) is 7. The minimum atomic E-state index is -3.17. The summed E-state index contributed by atoms with van der Waals surface area (Å²) in [4.78, 5) is 36.6. The molecule has 50 heavy (non-hydrogen) atoms. The van der Waals surface area contributed by atoms with E-state index < -0.39 is 60.5 Å². The summed E-state index contributed by atoms with van der Waals surface area (Å²) in [7, 11) is 1.80. The standard InChI is InChI=1S/C33H36ClF4N9O3/c1-31(2,3)17-32(21-9-6-19(7-10-21)23-12-13-45(5)44-23)27(48)46(29(39)43-32)25(16-50-30(49)42-26-15-33(26,37)38)20-8-11-22(34)24(14-20)47(28(35)36)41-18-40-4/h6-14,18,25-26,28H,4,15-17H2,1-3,5H3,(H2,39,43)(H,42,49)/b41-18-/t25-,26+,32-/m1/s1. The molecule has 1 aromatic heterocycles. The Morgan fingerprint density at radius 2 is 1.92 bits per heavy atom. The first-order chi connectivity index (χ1) is 23.5. The number of nitrogens with two attached hydrogens (primary N) is 1. The zero-order chi connectivity index (χ0) is 36.6. The molecule has 0 saturated heterocycles. The summed E-state index contributed by atoms with van der Waals surface area (Å²) in [6, 6.07) is 10.3. The fourth-order valence-corrected chi connectivity index (χ4v) is 6.01. The fraction of sp³-hybridized carbons (Fsp3) is 0.394. The van der Waals surface area contributed by atoms with Gasteiger partial charge >= 0.3 is 12.6 Å². The van der Waals surface area contributed by atoms with E-state index in [1.807, 2.05) is 39.0 Å². The number of nitrogens with one attached hydrogen (secondary N) is 1. The maximum atomic E-state index is 14.8. The highest BCUT2D eigenvalue weighted by molar-refractivity contribution is 6.33. The molecule has 3 aromatic rings. The topological polar surface area (TPSA) is 143 Å². The average molecular weight is 718 g/mol. The Labute approximate surface area is 290 Å². The quantitative estimate of drug-likeness (QED) is 0.0765. The molecule has 1 fully saturated rings. The molecule has 1 aliphatic heterocycles. The van der Waals surface area contributed by atoms with Gasteiger partial charge in [0.15, 0.2) is 11.5 Å². The van der Waals surface area contributed by atoms with E-state index >= 15 is 0 Å². The van der Waals surface area contributed by atoms with E-state index in [2.05, 4.69) is 27.2 Å². The van der Waals surface area contributed by atoms with Crippen molar-refractivity contribution in [3.63, 3.8) is 0 Å². The van der Waals surface area contributed by atoms with E-state index in [1.54, 1.807) is 30.1 Å². The van der Waals surface area contributed by atoms with Gasteiger partial charge in [0, 0.05) is 25.2 Å². The summed E-state index contributed by atoms with van der Waals surface area (Å²) < 4.78 is 62.3. The maximum Gasteiger partial charge on any atom is 0.407 e. The van der Waals surface area contributed by atoms with E-state index in [-0.39, 0.29) is 33.7 Å². The number of ether oxygens (including phenoxy) is 1. The van der Waals surface area contributed by atoms with E-state index in [9.17, 15) is 27.2 Å². The fourth-order valence-electron chi connectivity index (χ4n) is 5.81. The van der Waals surface area contributed by atoms with Crippen LogP contribution in [0.15, 0.2) is 69.8 Å². The third-order valence-electron chi connectivity index (χ3n) is 8.13. The van der Waals surface area contributed by atoms with Crippen molar-refractivity contribution in [3.05, 3.63) is 70.9 Å². The number of aryl methyl sites for hydroxylation is 1. The number of guanidine groups is 1. The first-order valence-electron chi connectivity index (χ1n) is 15.4. The minimum absolute atomic E-state index is 0.131. The highest BCUT2D eigenvalue weighted by atomic mass is 35.5. The van der Waals surface area contributed by atoms with Crippen LogP contribution in [0.1, 0.15) is 50.8 Å². The number of anilines is 1. The van der Waals surface area contributed by atoms with E-state index in [1.165, 1.54) is 18.2 Å². The number of benzene rings is 2. The minimum Gasteiger partial charge on any atom is -0.447 e. The molecular weight excluding hydrogens is 682 g/mol. The van der Waals surface area contributed by atoms with Crippen molar-refractivity contribution in [3.8, 4) is 11.3 Å². The van der Waals surface area contributed by atoms with Crippen molar-refractivity contribution in [1.29, 1.82) is 0 Å². The van der Waals surface area contributed by atoms with Crippen LogP contribution in [0, 0.1) is 5.41 Å². The lowest BCUT2D eigenvalue weighted by Crippen LogP contribution is -2.47. The van der Waals surface area contributed by atoms with Crippen molar-refractivity contribution in [2.45, 2.75) is 63.7 Å². The Morgan fingerprint density at radius 1 is 1.24 bits per heavy atom. The molecule has 3 N–H and O–H groups in total. The zero-order valence-electron chi connectivity index (χ0n) is 27.7. The number of carbonyl (C=O) groups excluding carboxylic acids is 2. The lowest BCUT2D eigenvalue weighted by Gasteiger charge is -2.35. The van der Waals surface area contributed by atoms with Crippen molar-refractivity contribution in [2.24, 2.45) is 33.3 Å². The van der Waals surface area contributed by atoms with Crippen LogP contribution < -0.4 is 16.1 Å². The Balaban J connectivity index is 1.57. The van der Waals surface area contributed by atoms with E-state index in [0.717, 1.165) is 22.5 Å². The van der Waals surface area contributed by atoms with Crippen molar-refractivity contribution in [1.82, 2.24) is 20.0 Å². The number of alkyl carbamates (subject to hydrolysis) is 1. The number of carbonyl (C=O) groups is 2. The molecule has 1 saturated carbocycles. The van der Waals surface area contributed by atoms with Gasteiger partial charge in [0.2, 0.25) is 0 Å². The van der Waals surface area contributed by atoms with Gasteiger partial charge in [-0.25, -0.2) is 23.6 Å². The first kappa shape index (κ1) is 36.3. The van der Waals surface area contributed by atoms with Crippen LogP contribution >= 0.6 is 11.6 Å². The molecule has 0 bridgehead atoms. The number of hydrogen-bond donors (Lipinski definition) is 2. The summed E-state index contributed by atoms with van der Waals surface area (Å²) in [5.74, 6) is -3.90. The molecule has 0 unspecified atom stereocenters. The number of hydrazone groups is 1. The van der Waals surface area contributed by atoms with Gasteiger partial charge in [-0.2, -0.15) is 19.0 Å². The maximum absolute atomic E-state index is 14.8. The summed E-state index contributed by atoms with van der Waals surface area (Å²) in [6.45, 7) is 5.20. The summed E-state index contributed by atoms with van der Waals surface area (Å²) in [5, 5.41) is 10.3. The Kier molecular flexibility index (Phi) is 9.96. The number of alkyl halides is 4. The van der Waals surface area contributed by atoms with Gasteiger partial charge < -0.3 is 15.8 Å². The smallest absolute Gasteiger partial charge is 0.407 e. The SMILES string of the molecule is C=N/C=N\N(c1cc([C@@H](COC(=O)N[C@H]2CC2(F)F)N2C(=O)[C@@](CC(C)(C)C)(c3ccc(-c4ccn(C)n4)cc3)N=C2N)ccc1Cl)C(F)F. The van der Waals surface area contributed by atoms with Crippen LogP contribution in [0.3, 0.4) is 0 Å². The zero-order valence-corrected chi connectivity index (χ0v) is 28.4. The van der Waals surface area contributed by atoms with E-state index in [4.69, 9.17) is 27.1 Å². The summed E-state index contributed by atoms with van der Waals surface area (Å²) >= 11 is 6.31. The second-order valence-corrected chi connectivity index (χ2v) is 13.6. The van der Waals surface area contributed by atoms with E-state index in [0.29, 0.717) is 5.56 Å². The van der Waals surface area contributed by atoms with Gasteiger partial charge in [0.1, 0.15) is 19.0 Å². The van der Waals surface area contributed by atoms with Crippen LogP contribution in [0.2, 0.25) is 5.02 Å². The molecule has 266 valence electrons. The summed E-state index contributed by atoms with van der Waals surface area (Å²) in [6.07, 6.45) is 1.07. The molecule has 5 rings (SSSR count). The van der Waals surface area contributed by atoms with Crippen molar-refractivity contribution < 1.29 is 31.9 Å². The number of hydrogen-bond acceptors (Lipinski definition) is 8. The van der Waals surface area contributed by atoms with Crippen LogP contribution in [0.4, 0.5) is 28.0 Å². The predicted molar refractivity (Wildman–Crippen MR) is 181 cm³/mol. The normalized spacial score (nSPS) is 20.6. The third-order valence-corrected chi connectivity index (χ3v) is 8.45. The molecule has 3 atom stereocenters. The van der Waals surface area contributed by atoms with Crippen LogP contribution in [0.25, 0.3) is 11.3 Å². The van der Waals surface area contributed by atoms with Crippen molar-refractivity contribution >= 4 is 48.3 Å². The Hall–Kier alpha value is -4.99. The number of aromatic nitrogens is 2. The second-order valence-electron chi connectivity index (χ2n) is 13.2. The van der Waals surface area contributed by atoms with Gasteiger partial charge in [0.05, 0.1) is 22.4 Å². The number of amides is 2. The number of aliphatic imine (C=N–C) groups is 2. The monoisotopic (exact) mass is 717 g/mol. The lowest BCUT2D eigenvalue weighted by atomic mass is 9.75. The largest absolute Gasteiger partial charge is 0.447 e. The average Bonchev–Trinajstić information content (AvgIpc) is 3.29. The molecule has 0 radical (unpaired) electrons. The second kappa shape index (κ2) is 13.7. The lowest BCUT2D eigenvalue weighted by molar-refractivity contribution is -0.135. The number of rotatable bonds is 12. The van der Waals surface area contributed by atoms with Crippen LogP contribution in [-0.4, -0.2) is 70.8 Å². The van der Waals surface area contributed by atoms with Gasteiger partial charge in [0.25, 0.3) is 11.8 Å². The molecule has 17 heteroatoms. The summed E-state index contributed by atoms with van der Waals surface area (Å²) in [5.41, 5.74) is 6.40. The molecule has 12 nitrogen and oxygen atoms in total. The molecule has 2 aliphatic rings. The predicted octanol–water partition coefficient (Wildman–Crippen LogP) is 6.08. The van der Waals surface area contributed by atoms with Crippen molar-refractivity contribution in [2.75, 3.05) is 11.6 Å². The molecule has 1 aliphatic carbocycles. The van der Waals surface area contributed by atoms with Crippen LogP contribution in [0.5, 0.6) is 0 Å². The molecule has 2 heterocycles. The van der Waals surface area contributed by atoms with Gasteiger partial charge in [-0.05, 0) is 47.9 Å². The highest BCUT2D eigenvalue weighted by Crippen LogP contribution is 2.46. The Bertz CT molecular complexity index is 1830. The molecular formula is C33H36ClF4N9O3. The molecule has 0 spiro atoms. The first-order valence-corrected chi connectivity index (χ1v) is 15.8. The van der Waals surface area contributed by atoms with Gasteiger partial charge in [-0.15, -0.1) is 0 Å². The van der Waals surface area contributed by atoms with Gasteiger partial charge in [-0.3, -0.25) is 19.4 Å². The van der Waals surface area contributed by atoms with Crippen LogP contribution in [-0.2, 0) is 22.1 Å². The molecule has 2 amide bonds. The highest BCUT2D eigenvalue weighted by Gasteiger charge is 2.58. The molecule has 2 aromatic carbocycles. The number of halogens is 5. The van der Waals surface area contributed by atoms with Gasteiger partial charge in [-0.1, -0.05) is 62.7 Å². The third kappa shape index (κ3) is 7.59.